The number of anilines is 1. The van der Waals surface area contributed by atoms with E-state index < -0.39 is 0 Å². The van der Waals surface area contributed by atoms with Gasteiger partial charge in [-0.05, 0) is 80.6 Å². The highest BCUT2D eigenvalue weighted by molar-refractivity contribution is 7.80. The van der Waals surface area contributed by atoms with Crippen molar-refractivity contribution in [2.45, 2.75) is 38.5 Å². The van der Waals surface area contributed by atoms with Crippen molar-refractivity contribution in [1.29, 1.82) is 0 Å². The maximum atomic E-state index is 12.9. The first-order chi connectivity index (χ1) is 11.0. The van der Waals surface area contributed by atoms with Crippen LogP contribution in [0, 0.1) is 23.2 Å². The third-order valence-corrected chi connectivity index (χ3v) is 6.15. The Kier molecular flexibility index (Phi) is 3.81. The monoisotopic (exact) mass is 349 g/mol. The summed E-state index contributed by atoms with van der Waals surface area (Å²) in [6.07, 6.45) is 8.66. The third kappa shape index (κ3) is 2.96. The van der Waals surface area contributed by atoms with Crippen molar-refractivity contribution < 1.29 is 4.79 Å². The molecule has 23 heavy (non-hydrogen) atoms. The predicted molar refractivity (Wildman–Crippen MR) is 94.2 cm³/mol. The Morgan fingerprint density at radius 3 is 2.39 bits per heavy atom. The zero-order chi connectivity index (χ0) is 16.0. The van der Waals surface area contributed by atoms with Gasteiger partial charge < -0.3 is 10.6 Å². The molecule has 0 radical (unpaired) electrons. The maximum Gasteiger partial charge on any atom is 0.232 e. The van der Waals surface area contributed by atoms with Crippen molar-refractivity contribution in [2.24, 2.45) is 23.2 Å². The molecule has 5 rings (SSSR count). The zero-order valence-electron chi connectivity index (χ0n) is 12.8. The SMILES string of the molecule is O=C(NC(=S)Nc1cc(Cl)ccn1)C12CC3CC(CC(C3)C1)C2. The minimum Gasteiger partial charge on any atom is -0.317 e. The van der Waals surface area contributed by atoms with Gasteiger partial charge in [0.2, 0.25) is 5.91 Å². The van der Waals surface area contributed by atoms with E-state index in [1.54, 1.807) is 18.3 Å². The molecule has 4 aliphatic rings. The Morgan fingerprint density at radius 2 is 1.83 bits per heavy atom. The van der Waals surface area contributed by atoms with Crippen LogP contribution in [-0.2, 0) is 4.79 Å². The van der Waals surface area contributed by atoms with Gasteiger partial charge in [-0.3, -0.25) is 4.79 Å². The van der Waals surface area contributed by atoms with Gasteiger partial charge in [-0.1, -0.05) is 11.6 Å². The molecule has 1 aromatic rings. The molecule has 0 aliphatic heterocycles. The van der Waals surface area contributed by atoms with E-state index in [1.165, 1.54) is 19.3 Å². The molecule has 4 aliphatic carbocycles. The average Bonchev–Trinajstić information content (AvgIpc) is 2.45. The van der Waals surface area contributed by atoms with Crippen molar-refractivity contribution in [3.8, 4) is 0 Å². The third-order valence-electron chi connectivity index (χ3n) is 5.71. The normalized spacial score (nSPS) is 34.2. The zero-order valence-corrected chi connectivity index (χ0v) is 14.4. The molecule has 6 heteroatoms. The summed E-state index contributed by atoms with van der Waals surface area (Å²) in [5.74, 6) is 2.86. The number of hydrogen-bond donors (Lipinski definition) is 2. The average molecular weight is 350 g/mol. The van der Waals surface area contributed by atoms with E-state index in [9.17, 15) is 4.79 Å². The van der Waals surface area contributed by atoms with Crippen LogP contribution in [0.3, 0.4) is 0 Å². The number of thiocarbonyl (C=S) groups is 1. The Morgan fingerprint density at radius 1 is 1.22 bits per heavy atom. The summed E-state index contributed by atoms with van der Waals surface area (Å²) in [5.41, 5.74) is -0.192. The van der Waals surface area contributed by atoms with Crippen LogP contribution in [0.15, 0.2) is 18.3 Å². The van der Waals surface area contributed by atoms with Crippen LogP contribution >= 0.6 is 23.8 Å². The molecule has 0 atom stereocenters. The topological polar surface area (TPSA) is 54.0 Å². The van der Waals surface area contributed by atoms with E-state index in [0.717, 1.165) is 37.0 Å². The van der Waals surface area contributed by atoms with E-state index in [0.29, 0.717) is 16.0 Å². The second-order valence-electron chi connectivity index (χ2n) is 7.47. The van der Waals surface area contributed by atoms with Crippen molar-refractivity contribution in [3.05, 3.63) is 23.4 Å². The highest BCUT2D eigenvalue weighted by atomic mass is 35.5. The van der Waals surface area contributed by atoms with Crippen molar-refractivity contribution in [2.75, 3.05) is 5.32 Å². The van der Waals surface area contributed by atoms with Gasteiger partial charge in [-0.15, -0.1) is 0 Å². The van der Waals surface area contributed by atoms with Crippen LogP contribution < -0.4 is 10.6 Å². The van der Waals surface area contributed by atoms with Gasteiger partial charge in [0.15, 0.2) is 5.11 Å². The number of nitrogens with one attached hydrogen (secondary N) is 2. The second-order valence-corrected chi connectivity index (χ2v) is 8.31. The molecule has 4 fully saturated rings. The van der Waals surface area contributed by atoms with Gasteiger partial charge in [0.05, 0.1) is 5.41 Å². The number of pyridine rings is 1. The van der Waals surface area contributed by atoms with Crippen LogP contribution in [0.25, 0.3) is 0 Å². The standard InChI is InChI=1S/C17H20ClN3OS/c18-13-1-2-19-14(6-13)20-16(23)21-15(22)17-7-10-3-11(8-17)5-12(4-10)9-17/h1-2,6,10-12H,3-5,7-9H2,(H2,19,20,21,22,23). The smallest absolute Gasteiger partial charge is 0.232 e. The van der Waals surface area contributed by atoms with Crippen LogP contribution in [0.2, 0.25) is 5.02 Å². The molecule has 122 valence electrons. The van der Waals surface area contributed by atoms with E-state index in [1.807, 2.05) is 0 Å². The fourth-order valence-electron chi connectivity index (χ4n) is 5.25. The van der Waals surface area contributed by atoms with Gasteiger partial charge in [0.1, 0.15) is 5.82 Å². The molecule has 0 saturated heterocycles. The molecule has 4 nitrogen and oxygen atoms in total. The van der Waals surface area contributed by atoms with Gasteiger partial charge in [-0.25, -0.2) is 4.98 Å². The Balaban J connectivity index is 1.42. The van der Waals surface area contributed by atoms with Gasteiger partial charge in [-0.2, -0.15) is 0 Å². The maximum absolute atomic E-state index is 12.9. The molecule has 4 bridgehead atoms. The molecular weight excluding hydrogens is 330 g/mol. The van der Waals surface area contributed by atoms with Gasteiger partial charge >= 0.3 is 0 Å². The van der Waals surface area contributed by atoms with E-state index in [2.05, 4.69) is 15.6 Å². The highest BCUT2D eigenvalue weighted by Crippen LogP contribution is 2.60. The first-order valence-electron chi connectivity index (χ1n) is 8.26. The molecule has 4 saturated carbocycles. The first-order valence-corrected chi connectivity index (χ1v) is 9.05. The molecule has 0 unspecified atom stereocenters. The first kappa shape index (κ1) is 15.3. The molecule has 1 heterocycles. The fraction of sp³-hybridized carbons (Fsp3) is 0.588. The van der Waals surface area contributed by atoms with Crippen LogP contribution in [0.5, 0.6) is 0 Å². The summed E-state index contributed by atoms with van der Waals surface area (Å²) < 4.78 is 0. The van der Waals surface area contributed by atoms with E-state index in [4.69, 9.17) is 23.8 Å². The van der Waals surface area contributed by atoms with Crippen molar-refractivity contribution in [3.63, 3.8) is 0 Å². The van der Waals surface area contributed by atoms with E-state index >= 15 is 0 Å². The summed E-state index contributed by atoms with van der Waals surface area (Å²) in [7, 11) is 0. The lowest BCUT2D eigenvalue weighted by Gasteiger charge is -2.55. The number of carbonyl (C=O) groups excluding carboxylic acids is 1. The predicted octanol–water partition coefficient (Wildman–Crippen LogP) is 3.76. The van der Waals surface area contributed by atoms with Gasteiger partial charge in [0, 0.05) is 11.2 Å². The number of rotatable bonds is 2. The number of hydrogen-bond acceptors (Lipinski definition) is 3. The van der Waals surface area contributed by atoms with Crippen LogP contribution in [0.1, 0.15) is 38.5 Å². The van der Waals surface area contributed by atoms with Crippen LogP contribution in [-0.4, -0.2) is 16.0 Å². The Bertz CT molecular complexity index is 628. The Hall–Kier alpha value is -1.20. The largest absolute Gasteiger partial charge is 0.317 e. The highest BCUT2D eigenvalue weighted by Gasteiger charge is 2.54. The number of amides is 1. The number of halogens is 1. The fourth-order valence-corrected chi connectivity index (χ4v) is 5.60. The second kappa shape index (κ2) is 5.71. The van der Waals surface area contributed by atoms with Crippen molar-refractivity contribution >= 4 is 40.7 Å². The molecular formula is C17H20ClN3OS. The summed E-state index contributed by atoms with van der Waals surface area (Å²) >= 11 is 11.2. The summed E-state index contributed by atoms with van der Waals surface area (Å²) in [4.78, 5) is 17.0. The summed E-state index contributed by atoms with van der Waals surface area (Å²) in [6, 6.07) is 3.38. The number of aromatic nitrogens is 1. The lowest BCUT2D eigenvalue weighted by molar-refractivity contribution is -0.144. The molecule has 2 N–H and O–H groups in total. The van der Waals surface area contributed by atoms with E-state index in [-0.39, 0.29) is 11.3 Å². The van der Waals surface area contributed by atoms with Crippen LogP contribution in [0.4, 0.5) is 5.82 Å². The minimum atomic E-state index is -0.192. The molecule has 1 amide bonds. The van der Waals surface area contributed by atoms with Gasteiger partial charge in [0.25, 0.3) is 0 Å². The number of nitrogens with zero attached hydrogens (tertiary/aromatic N) is 1. The summed E-state index contributed by atoms with van der Waals surface area (Å²) in [6.45, 7) is 0. The Labute approximate surface area is 146 Å². The molecule has 1 aromatic heterocycles. The molecule has 0 aromatic carbocycles. The molecule has 0 spiro atoms. The van der Waals surface area contributed by atoms with Crippen molar-refractivity contribution in [1.82, 2.24) is 10.3 Å². The lowest BCUT2D eigenvalue weighted by atomic mass is 9.49. The minimum absolute atomic E-state index is 0.0936. The summed E-state index contributed by atoms with van der Waals surface area (Å²) in [5, 5.41) is 6.74. The quantitative estimate of drug-likeness (QED) is 0.798. The lowest BCUT2D eigenvalue weighted by Crippen LogP contribution is -2.55. The number of carbonyl (C=O) groups is 1.